The molecular formula is C11H13N3O3. The number of aromatic carboxylic acids is 1. The van der Waals surface area contributed by atoms with Crippen molar-refractivity contribution < 1.29 is 14.4 Å². The van der Waals surface area contributed by atoms with Crippen LogP contribution in [0.2, 0.25) is 0 Å². The van der Waals surface area contributed by atoms with Crippen LogP contribution in [0, 0.1) is 5.92 Å². The predicted octanol–water partition coefficient (Wildman–Crippen LogP) is 1.89. The normalized spacial score (nSPS) is 11.0. The van der Waals surface area contributed by atoms with Crippen LogP contribution in [0.5, 0.6) is 0 Å². The van der Waals surface area contributed by atoms with Crippen LogP contribution in [-0.2, 0) is 6.54 Å². The van der Waals surface area contributed by atoms with E-state index in [1.54, 1.807) is 16.9 Å². The third-order valence-corrected chi connectivity index (χ3v) is 2.29. The van der Waals surface area contributed by atoms with Crippen LogP contribution in [-0.4, -0.2) is 26.0 Å². The minimum absolute atomic E-state index is 0.0514. The molecule has 0 unspecified atom stereocenters. The zero-order valence-electron chi connectivity index (χ0n) is 9.62. The van der Waals surface area contributed by atoms with Crippen molar-refractivity contribution >= 4 is 5.97 Å². The molecule has 90 valence electrons. The van der Waals surface area contributed by atoms with E-state index in [0.29, 0.717) is 18.2 Å². The summed E-state index contributed by atoms with van der Waals surface area (Å²) in [4.78, 5) is 11.0. The maximum atomic E-state index is 11.0. The summed E-state index contributed by atoms with van der Waals surface area (Å²) in [5, 5.41) is 16.7. The van der Waals surface area contributed by atoms with E-state index in [9.17, 15) is 4.79 Å². The summed E-state index contributed by atoms with van der Waals surface area (Å²) >= 11 is 0. The van der Waals surface area contributed by atoms with Gasteiger partial charge in [0.1, 0.15) is 11.3 Å². The van der Waals surface area contributed by atoms with Gasteiger partial charge in [-0.2, -0.15) is 5.10 Å². The summed E-state index contributed by atoms with van der Waals surface area (Å²) in [7, 11) is 0. The summed E-state index contributed by atoms with van der Waals surface area (Å²) in [5.74, 6) is -0.404. The van der Waals surface area contributed by atoms with Crippen molar-refractivity contribution in [1.29, 1.82) is 0 Å². The van der Waals surface area contributed by atoms with Crippen LogP contribution in [0.1, 0.15) is 24.2 Å². The molecule has 1 N–H and O–H groups in total. The largest absolute Gasteiger partial charge is 0.477 e. The van der Waals surface area contributed by atoms with E-state index < -0.39 is 5.97 Å². The van der Waals surface area contributed by atoms with Gasteiger partial charge in [-0.15, -0.1) is 0 Å². The molecule has 0 saturated heterocycles. The van der Waals surface area contributed by atoms with Gasteiger partial charge in [0, 0.05) is 12.7 Å². The topological polar surface area (TPSA) is 81.2 Å². The molecule has 0 saturated carbocycles. The fraction of sp³-hybridized carbons (Fsp3) is 0.364. The molecule has 0 radical (unpaired) electrons. The highest BCUT2D eigenvalue weighted by Gasteiger charge is 2.20. The lowest BCUT2D eigenvalue weighted by atomic mass is 10.2. The van der Waals surface area contributed by atoms with Crippen LogP contribution >= 0.6 is 0 Å². The van der Waals surface area contributed by atoms with E-state index in [4.69, 9.17) is 9.63 Å². The minimum atomic E-state index is -1.06. The van der Waals surface area contributed by atoms with Crippen molar-refractivity contribution in [2.45, 2.75) is 20.4 Å². The maximum Gasteiger partial charge on any atom is 0.341 e. The Labute approximate surface area is 97.8 Å². The molecule has 0 fully saturated rings. The molecule has 0 bridgehead atoms. The fourth-order valence-corrected chi connectivity index (χ4v) is 1.59. The van der Waals surface area contributed by atoms with Crippen LogP contribution in [0.25, 0.3) is 11.5 Å². The molecule has 2 rings (SSSR count). The first kappa shape index (κ1) is 11.4. The Kier molecular flexibility index (Phi) is 2.95. The fourth-order valence-electron chi connectivity index (χ4n) is 1.59. The van der Waals surface area contributed by atoms with E-state index >= 15 is 0 Å². The van der Waals surface area contributed by atoms with E-state index in [1.807, 2.05) is 0 Å². The number of aromatic nitrogens is 3. The number of rotatable bonds is 4. The second-order valence-corrected chi connectivity index (χ2v) is 4.17. The molecule has 6 heteroatoms. The first-order valence-corrected chi connectivity index (χ1v) is 5.29. The van der Waals surface area contributed by atoms with E-state index in [2.05, 4.69) is 24.1 Å². The van der Waals surface area contributed by atoms with Gasteiger partial charge in [-0.1, -0.05) is 19.0 Å². The average molecular weight is 235 g/mol. The number of carboxylic acids is 1. The van der Waals surface area contributed by atoms with Gasteiger partial charge in [0.15, 0.2) is 5.76 Å². The molecule has 2 heterocycles. The minimum Gasteiger partial charge on any atom is -0.477 e. The molecule has 17 heavy (non-hydrogen) atoms. The third-order valence-electron chi connectivity index (χ3n) is 2.29. The van der Waals surface area contributed by atoms with Crippen LogP contribution in [0.4, 0.5) is 0 Å². The van der Waals surface area contributed by atoms with Crippen molar-refractivity contribution in [2.75, 3.05) is 0 Å². The second-order valence-electron chi connectivity index (χ2n) is 4.17. The van der Waals surface area contributed by atoms with Gasteiger partial charge in [-0.3, -0.25) is 4.68 Å². The molecular weight excluding hydrogens is 222 g/mol. The highest BCUT2D eigenvalue weighted by molar-refractivity contribution is 5.93. The summed E-state index contributed by atoms with van der Waals surface area (Å²) < 4.78 is 6.72. The van der Waals surface area contributed by atoms with Gasteiger partial charge in [0.2, 0.25) is 0 Å². The summed E-state index contributed by atoms with van der Waals surface area (Å²) in [6.45, 7) is 4.82. The molecule has 2 aromatic heterocycles. The quantitative estimate of drug-likeness (QED) is 0.875. The molecule has 2 aromatic rings. The van der Waals surface area contributed by atoms with Crippen LogP contribution in [0.3, 0.4) is 0 Å². The van der Waals surface area contributed by atoms with Gasteiger partial charge in [-0.25, -0.2) is 4.79 Å². The molecule has 0 aliphatic rings. The van der Waals surface area contributed by atoms with E-state index in [1.165, 1.54) is 6.20 Å². The molecule has 0 aromatic carbocycles. The smallest absolute Gasteiger partial charge is 0.341 e. The Morgan fingerprint density at radius 3 is 3.00 bits per heavy atom. The number of hydrogen-bond donors (Lipinski definition) is 1. The maximum absolute atomic E-state index is 11.0. The first-order chi connectivity index (χ1) is 8.09. The summed E-state index contributed by atoms with van der Waals surface area (Å²) in [5.41, 5.74) is 0.684. The van der Waals surface area contributed by atoms with Gasteiger partial charge in [0.25, 0.3) is 0 Å². The predicted molar refractivity (Wildman–Crippen MR) is 59.5 cm³/mol. The molecule has 6 nitrogen and oxygen atoms in total. The lowest BCUT2D eigenvalue weighted by molar-refractivity contribution is 0.0697. The Morgan fingerprint density at radius 2 is 2.35 bits per heavy atom. The lowest BCUT2D eigenvalue weighted by Crippen LogP contribution is -2.08. The molecule has 0 atom stereocenters. The summed E-state index contributed by atoms with van der Waals surface area (Å²) in [6, 6.07) is 1.72. The monoisotopic (exact) mass is 235 g/mol. The first-order valence-electron chi connectivity index (χ1n) is 5.29. The zero-order chi connectivity index (χ0) is 12.4. The number of carboxylic acid groups (broad SMARTS) is 1. The number of nitrogens with zero attached hydrogens (tertiary/aromatic N) is 3. The highest BCUT2D eigenvalue weighted by atomic mass is 16.5. The van der Waals surface area contributed by atoms with Crippen molar-refractivity contribution in [3.8, 4) is 11.5 Å². The lowest BCUT2D eigenvalue weighted by Gasteiger charge is -2.08. The zero-order valence-corrected chi connectivity index (χ0v) is 9.62. The van der Waals surface area contributed by atoms with Crippen LogP contribution < -0.4 is 0 Å². The van der Waals surface area contributed by atoms with Crippen molar-refractivity contribution in [3.63, 3.8) is 0 Å². The second kappa shape index (κ2) is 4.40. The Hall–Kier alpha value is -2.11. The Bertz CT molecular complexity index is 528. The third kappa shape index (κ3) is 2.20. The van der Waals surface area contributed by atoms with Gasteiger partial charge < -0.3 is 9.63 Å². The van der Waals surface area contributed by atoms with Crippen molar-refractivity contribution in [3.05, 3.63) is 24.0 Å². The molecule has 0 amide bonds. The van der Waals surface area contributed by atoms with E-state index in [-0.39, 0.29) is 11.3 Å². The van der Waals surface area contributed by atoms with Crippen molar-refractivity contribution in [1.82, 2.24) is 14.9 Å². The number of carbonyl (C=O) groups is 1. The summed E-state index contributed by atoms with van der Waals surface area (Å²) in [6.07, 6.45) is 2.82. The number of hydrogen-bond acceptors (Lipinski definition) is 4. The van der Waals surface area contributed by atoms with Gasteiger partial charge in [0.05, 0.1) is 6.20 Å². The molecule has 0 aliphatic heterocycles. The Balaban J connectivity index is 2.43. The SMILES string of the molecule is CC(C)Cn1nccc1-c1oncc1C(=O)O. The molecule has 0 aliphatic carbocycles. The van der Waals surface area contributed by atoms with E-state index in [0.717, 1.165) is 0 Å². The molecule has 0 spiro atoms. The average Bonchev–Trinajstić information content (AvgIpc) is 2.82. The van der Waals surface area contributed by atoms with Gasteiger partial charge >= 0.3 is 5.97 Å². The highest BCUT2D eigenvalue weighted by Crippen LogP contribution is 2.23. The standard InChI is InChI=1S/C11H13N3O3/c1-7(2)6-14-9(3-4-12-14)10-8(11(15)16)5-13-17-10/h3-5,7H,6H2,1-2H3,(H,15,16). The Morgan fingerprint density at radius 1 is 1.59 bits per heavy atom. The van der Waals surface area contributed by atoms with Crippen molar-refractivity contribution in [2.24, 2.45) is 5.92 Å². The van der Waals surface area contributed by atoms with Crippen LogP contribution in [0.15, 0.2) is 23.0 Å². The van der Waals surface area contributed by atoms with Gasteiger partial charge in [-0.05, 0) is 12.0 Å².